The predicted molar refractivity (Wildman–Crippen MR) is 30.2 cm³/mol. The van der Waals surface area contributed by atoms with E-state index in [0.29, 0.717) is 0 Å². The van der Waals surface area contributed by atoms with Gasteiger partial charge in [0, 0.05) is 0 Å². The summed E-state index contributed by atoms with van der Waals surface area (Å²) in [7, 11) is 0. The molecule has 60 valence electrons. The van der Waals surface area contributed by atoms with E-state index in [1.165, 1.54) is 0 Å². The first-order valence-electron chi connectivity index (χ1n) is 2.28. The fraction of sp³-hybridized carbons (Fsp3) is 0.750. The third kappa shape index (κ3) is 2.55. The van der Waals surface area contributed by atoms with Crippen LogP contribution in [0.2, 0.25) is 0 Å². The average molecular weight is 221 g/mol. The molecule has 2 nitrogen and oxygen atoms in total. The molecule has 10 heavy (non-hydrogen) atoms. The monoisotopic (exact) mass is 220 g/mol. The van der Waals surface area contributed by atoms with Crippen LogP contribution in [0.3, 0.4) is 0 Å². The summed E-state index contributed by atoms with van der Waals surface area (Å²) in [5.74, 6) is -3.42. The number of hydrogen-bond acceptors (Lipinski definition) is 2. The maximum atomic E-state index is 11.6. The van der Waals surface area contributed by atoms with E-state index in [9.17, 15) is 18.0 Å². The van der Waals surface area contributed by atoms with Gasteiger partial charge in [-0.15, -0.1) is 0 Å². The summed E-state index contributed by atoms with van der Waals surface area (Å²) in [6.07, 6.45) is -4.52. The Bertz CT molecular complexity index is 133. The molecule has 0 aromatic heterocycles. The van der Waals surface area contributed by atoms with Crippen molar-refractivity contribution in [1.82, 2.24) is 0 Å². The highest BCUT2D eigenvalue weighted by atomic mass is 79.9. The summed E-state index contributed by atoms with van der Waals surface area (Å²) in [5.41, 5.74) is 0. The van der Waals surface area contributed by atoms with Crippen LogP contribution in [-0.4, -0.2) is 12.1 Å². The lowest BCUT2D eigenvalue weighted by Crippen LogP contribution is -2.27. The topological polar surface area (TPSA) is 26.3 Å². The Kier molecular flexibility index (Phi) is 3.14. The SMILES string of the molecule is CC(C(=O)OBr)C(F)(F)F. The van der Waals surface area contributed by atoms with Crippen LogP contribution in [0.1, 0.15) is 6.92 Å². The van der Waals surface area contributed by atoms with Gasteiger partial charge in [-0.2, -0.15) is 13.2 Å². The molecule has 0 spiro atoms. The molecule has 0 bridgehead atoms. The van der Waals surface area contributed by atoms with Gasteiger partial charge in [-0.25, -0.2) is 0 Å². The van der Waals surface area contributed by atoms with E-state index in [-0.39, 0.29) is 0 Å². The summed E-state index contributed by atoms with van der Waals surface area (Å²) in [6.45, 7) is 0.726. The molecule has 0 aliphatic rings. The summed E-state index contributed by atoms with van der Waals surface area (Å²) in [4.78, 5) is 10.2. The average Bonchev–Trinajstić information content (AvgIpc) is 1.83. The van der Waals surface area contributed by atoms with Crippen LogP contribution in [0.4, 0.5) is 13.2 Å². The molecule has 6 heteroatoms. The van der Waals surface area contributed by atoms with Crippen molar-refractivity contribution in [3.05, 3.63) is 0 Å². The number of hydrogen-bond donors (Lipinski definition) is 0. The van der Waals surface area contributed by atoms with Crippen molar-refractivity contribution >= 4 is 22.2 Å². The first-order valence-corrected chi connectivity index (χ1v) is 2.93. The Morgan fingerprint density at radius 3 is 2.10 bits per heavy atom. The van der Waals surface area contributed by atoms with Crippen LogP contribution in [0.25, 0.3) is 0 Å². The number of carbonyl (C=O) groups is 1. The maximum absolute atomic E-state index is 11.6. The second-order valence-corrected chi connectivity index (χ2v) is 1.98. The molecule has 0 rings (SSSR count). The number of rotatable bonds is 1. The van der Waals surface area contributed by atoms with Crippen molar-refractivity contribution < 1.29 is 21.8 Å². The minimum Gasteiger partial charge on any atom is -0.383 e. The first-order chi connectivity index (χ1) is 4.39. The standard InChI is InChI=1S/C4H4BrF3O2/c1-2(3(9)10-5)4(6,7)8/h2H,1H3. The second-order valence-electron chi connectivity index (χ2n) is 1.66. The van der Waals surface area contributed by atoms with Crippen LogP contribution in [0, 0.1) is 5.92 Å². The molecule has 0 aromatic carbocycles. The molecule has 0 aliphatic heterocycles. The molecule has 1 atom stereocenters. The highest BCUT2D eigenvalue weighted by molar-refractivity contribution is 9.06. The van der Waals surface area contributed by atoms with Gasteiger partial charge in [0.25, 0.3) is 0 Å². The van der Waals surface area contributed by atoms with Crippen molar-refractivity contribution in [1.29, 1.82) is 0 Å². The van der Waals surface area contributed by atoms with Crippen molar-refractivity contribution in [3.8, 4) is 0 Å². The van der Waals surface area contributed by atoms with Crippen LogP contribution in [-0.2, 0) is 8.62 Å². The molecule has 0 N–H and O–H groups in total. The minimum atomic E-state index is -4.52. The van der Waals surface area contributed by atoms with E-state index >= 15 is 0 Å². The van der Waals surface area contributed by atoms with Gasteiger partial charge < -0.3 is 3.83 Å². The first kappa shape index (κ1) is 9.74. The van der Waals surface area contributed by atoms with Crippen LogP contribution >= 0.6 is 16.3 Å². The van der Waals surface area contributed by atoms with Crippen LogP contribution in [0.5, 0.6) is 0 Å². The second kappa shape index (κ2) is 3.23. The molecule has 0 aliphatic carbocycles. The quantitative estimate of drug-likeness (QED) is 0.677. The van der Waals surface area contributed by atoms with Crippen LogP contribution < -0.4 is 0 Å². The third-order valence-electron chi connectivity index (χ3n) is 0.921. The largest absolute Gasteiger partial charge is 0.401 e. The zero-order valence-electron chi connectivity index (χ0n) is 4.91. The number of carbonyl (C=O) groups excluding carboxylic acids is 1. The van der Waals surface area contributed by atoms with Gasteiger partial charge in [0.05, 0.1) is 0 Å². The van der Waals surface area contributed by atoms with Crippen molar-refractivity contribution in [2.45, 2.75) is 13.1 Å². The Morgan fingerprint density at radius 2 is 2.00 bits per heavy atom. The molecule has 0 amide bonds. The van der Waals surface area contributed by atoms with E-state index in [4.69, 9.17) is 0 Å². The lowest BCUT2D eigenvalue weighted by Gasteiger charge is -2.10. The van der Waals surface area contributed by atoms with Gasteiger partial charge in [0.15, 0.2) is 22.2 Å². The summed E-state index contributed by atoms with van der Waals surface area (Å²) in [6, 6.07) is 0. The molecule has 0 saturated carbocycles. The van der Waals surface area contributed by atoms with E-state index in [2.05, 4.69) is 20.1 Å². The molecular formula is C4H4BrF3O2. The maximum Gasteiger partial charge on any atom is 0.401 e. The molecule has 0 fully saturated rings. The fourth-order valence-corrected chi connectivity index (χ4v) is 0.481. The summed E-state index contributed by atoms with van der Waals surface area (Å²) < 4.78 is 38.4. The predicted octanol–water partition coefficient (Wildman–Crippen LogP) is 2.04. The zero-order valence-corrected chi connectivity index (χ0v) is 6.49. The molecular weight excluding hydrogens is 217 g/mol. The molecule has 0 saturated heterocycles. The third-order valence-corrected chi connectivity index (χ3v) is 1.24. The normalized spacial score (nSPS) is 14.5. The molecule has 0 radical (unpaired) electrons. The summed E-state index contributed by atoms with van der Waals surface area (Å²) in [5, 5.41) is 0. The van der Waals surface area contributed by atoms with Gasteiger partial charge in [-0.3, -0.25) is 4.79 Å². The van der Waals surface area contributed by atoms with Crippen molar-refractivity contribution in [3.63, 3.8) is 0 Å². The Hall–Kier alpha value is -0.260. The van der Waals surface area contributed by atoms with E-state index in [1.807, 2.05) is 0 Å². The number of halogens is 4. The van der Waals surface area contributed by atoms with E-state index in [0.717, 1.165) is 6.92 Å². The van der Waals surface area contributed by atoms with Gasteiger partial charge >= 0.3 is 12.1 Å². The Balaban J connectivity index is 4.08. The fourth-order valence-electron chi connectivity index (χ4n) is 0.200. The summed E-state index contributed by atoms with van der Waals surface area (Å²) >= 11 is 2.16. The molecule has 0 heterocycles. The van der Waals surface area contributed by atoms with Crippen molar-refractivity contribution in [2.24, 2.45) is 5.92 Å². The zero-order chi connectivity index (χ0) is 8.36. The van der Waals surface area contributed by atoms with Crippen molar-refractivity contribution in [2.75, 3.05) is 0 Å². The minimum absolute atomic E-state index is 0.726. The smallest absolute Gasteiger partial charge is 0.383 e. The van der Waals surface area contributed by atoms with Gasteiger partial charge in [0.1, 0.15) is 0 Å². The van der Waals surface area contributed by atoms with Crippen LogP contribution in [0.15, 0.2) is 0 Å². The van der Waals surface area contributed by atoms with E-state index < -0.39 is 18.1 Å². The highest BCUT2D eigenvalue weighted by Gasteiger charge is 2.42. The molecule has 0 aromatic rings. The Morgan fingerprint density at radius 1 is 1.60 bits per heavy atom. The lowest BCUT2D eigenvalue weighted by molar-refractivity contribution is -0.186. The van der Waals surface area contributed by atoms with Gasteiger partial charge in [-0.1, -0.05) is 0 Å². The Labute approximate surface area is 63.8 Å². The molecule has 1 unspecified atom stereocenters. The highest BCUT2D eigenvalue weighted by Crippen LogP contribution is 2.26. The van der Waals surface area contributed by atoms with Gasteiger partial charge in [-0.05, 0) is 6.92 Å². The van der Waals surface area contributed by atoms with E-state index in [1.54, 1.807) is 0 Å². The lowest BCUT2D eigenvalue weighted by atomic mass is 10.2. The van der Waals surface area contributed by atoms with Gasteiger partial charge in [0.2, 0.25) is 0 Å². The number of alkyl halides is 3.